The lowest BCUT2D eigenvalue weighted by Gasteiger charge is -2.19. The molecule has 0 heterocycles. The molecule has 4 rings (SSSR count). The lowest BCUT2D eigenvalue weighted by atomic mass is 9.84. The highest BCUT2D eigenvalue weighted by Gasteiger charge is 2.29. The van der Waals surface area contributed by atoms with E-state index in [2.05, 4.69) is 5.32 Å². The van der Waals surface area contributed by atoms with Gasteiger partial charge in [0, 0.05) is 39.5 Å². The molecule has 0 saturated heterocycles. The van der Waals surface area contributed by atoms with Crippen molar-refractivity contribution in [1.82, 2.24) is 4.90 Å². The SMILES string of the molecule is CN(CC(=O)Nc1ccc2c(c1)C(=O)c1ccccc1C2=O)Cc1ccccc1Cl. The van der Waals surface area contributed by atoms with Crippen molar-refractivity contribution in [1.29, 1.82) is 0 Å². The predicted molar refractivity (Wildman–Crippen MR) is 116 cm³/mol. The summed E-state index contributed by atoms with van der Waals surface area (Å²) in [6, 6.07) is 19.1. The summed E-state index contributed by atoms with van der Waals surface area (Å²) < 4.78 is 0. The molecule has 1 aliphatic carbocycles. The smallest absolute Gasteiger partial charge is 0.238 e. The van der Waals surface area contributed by atoms with E-state index < -0.39 is 0 Å². The summed E-state index contributed by atoms with van der Waals surface area (Å²) >= 11 is 6.18. The number of halogens is 1. The molecule has 0 spiro atoms. The van der Waals surface area contributed by atoms with Crippen LogP contribution >= 0.6 is 11.6 Å². The Kier molecular flexibility index (Phi) is 5.48. The van der Waals surface area contributed by atoms with E-state index in [-0.39, 0.29) is 24.0 Å². The molecule has 0 aromatic heterocycles. The molecule has 1 aliphatic rings. The fraction of sp³-hybridized carbons (Fsp3) is 0.125. The quantitative estimate of drug-likeness (QED) is 0.528. The van der Waals surface area contributed by atoms with Crippen LogP contribution in [0.5, 0.6) is 0 Å². The molecule has 0 atom stereocenters. The molecule has 150 valence electrons. The van der Waals surface area contributed by atoms with E-state index in [4.69, 9.17) is 11.6 Å². The van der Waals surface area contributed by atoms with Gasteiger partial charge in [0.15, 0.2) is 11.6 Å². The number of rotatable bonds is 5. The minimum absolute atomic E-state index is 0.151. The number of nitrogens with one attached hydrogen (secondary N) is 1. The minimum atomic E-state index is -0.223. The van der Waals surface area contributed by atoms with Crippen LogP contribution in [0.3, 0.4) is 0 Å². The van der Waals surface area contributed by atoms with E-state index in [9.17, 15) is 14.4 Å². The number of carbonyl (C=O) groups is 3. The fourth-order valence-electron chi connectivity index (χ4n) is 3.60. The second-order valence-corrected chi connectivity index (χ2v) is 7.68. The summed E-state index contributed by atoms with van der Waals surface area (Å²) in [5, 5.41) is 3.46. The highest BCUT2D eigenvalue weighted by Crippen LogP contribution is 2.29. The van der Waals surface area contributed by atoms with E-state index in [0.29, 0.717) is 39.5 Å². The minimum Gasteiger partial charge on any atom is -0.325 e. The Morgan fingerprint density at radius 3 is 2.17 bits per heavy atom. The molecule has 30 heavy (non-hydrogen) atoms. The molecule has 0 bridgehead atoms. The Labute approximate surface area is 179 Å². The zero-order valence-electron chi connectivity index (χ0n) is 16.3. The molecule has 0 radical (unpaired) electrons. The molecule has 6 heteroatoms. The Hall–Kier alpha value is -3.28. The predicted octanol–water partition coefficient (Wildman–Crippen LogP) is 4.19. The largest absolute Gasteiger partial charge is 0.325 e. The van der Waals surface area contributed by atoms with Gasteiger partial charge in [-0.15, -0.1) is 0 Å². The number of likely N-dealkylation sites (N-methyl/N-ethyl adjacent to an activating group) is 1. The van der Waals surface area contributed by atoms with E-state index in [1.54, 1.807) is 42.5 Å². The highest BCUT2D eigenvalue weighted by molar-refractivity contribution is 6.31. The van der Waals surface area contributed by atoms with Gasteiger partial charge in [0.1, 0.15) is 0 Å². The Bertz CT molecular complexity index is 1170. The molecule has 0 aliphatic heterocycles. The first kappa shape index (κ1) is 20.0. The van der Waals surface area contributed by atoms with Crippen LogP contribution in [0.4, 0.5) is 5.69 Å². The lowest BCUT2D eigenvalue weighted by Crippen LogP contribution is -2.30. The van der Waals surface area contributed by atoms with Gasteiger partial charge in [-0.05, 0) is 36.9 Å². The highest BCUT2D eigenvalue weighted by atomic mass is 35.5. The average molecular weight is 419 g/mol. The van der Waals surface area contributed by atoms with Gasteiger partial charge in [0.2, 0.25) is 5.91 Å². The van der Waals surface area contributed by atoms with Gasteiger partial charge in [0.25, 0.3) is 0 Å². The van der Waals surface area contributed by atoms with Gasteiger partial charge in [-0.1, -0.05) is 54.1 Å². The van der Waals surface area contributed by atoms with Crippen LogP contribution in [0.25, 0.3) is 0 Å². The number of amides is 1. The topological polar surface area (TPSA) is 66.5 Å². The molecule has 0 fully saturated rings. The molecular weight excluding hydrogens is 400 g/mol. The Balaban J connectivity index is 1.47. The summed E-state index contributed by atoms with van der Waals surface area (Å²) in [6.07, 6.45) is 0. The summed E-state index contributed by atoms with van der Waals surface area (Å²) in [5.41, 5.74) is 2.87. The molecule has 0 saturated carbocycles. The molecule has 3 aromatic rings. The first-order chi connectivity index (χ1) is 14.4. The fourth-order valence-corrected chi connectivity index (χ4v) is 3.79. The molecular formula is C24H19ClN2O3. The summed E-state index contributed by atoms with van der Waals surface area (Å²) in [5.74, 6) is -0.621. The monoisotopic (exact) mass is 418 g/mol. The Morgan fingerprint density at radius 2 is 1.47 bits per heavy atom. The van der Waals surface area contributed by atoms with Gasteiger partial charge in [-0.3, -0.25) is 19.3 Å². The normalized spacial score (nSPS) is 12.5. The van der Waals surface area contributed by atoms with Crippen molar-refractivity contribution in [2.24, 2.45) is 0 Å². The van der Waals surface area contributed by atoms with Crippen LogP contribution in [-0.2, 0) is 11.3 Å². The standard InChI is InChI=1S/C24H19ClN2O3/c1-27(13-15-6-2-5-9-21(15)25)14-22(28)26-16-10-11-19-20(12-16)24(30)18-8-4-3-7-17(18)23(19)29/h2-12H,13-14H2,1H3,(H,26,28). The van der Waals surface area contributed by atoms with Crippen LogP contribution in [0.15, 0.2) is 66.7 Å². The number of hydrogen-bond donors (Lipinski definition) is 1. The third-order valence-electron chi connectivity index (χ3n) is 5.02. The van der Waals surface area contributed by atoms with Gasteiger partial charge in [-0.2, -0.15) is 0 Å². The van der Waals surface area contributed by atoms with Crippen LogP contribution in [-0.4, -0.2) is 36.0 Å². The van der Waals surface area contributed by atoms with Gasteiger partial charge >= 0.3 is 0 Å². The maximum absolute atomic E-state index is 12.8. The van der Waals surface area contributed by atoms with E-state index in [0.717, 1.165) is 5.56 Å². The average Bonchev–Trinajstić information content (AvgIpc) is 2.73. The third-order valence-corrected chi connectivity index (χ3v) is 5.39. The second kappa shape index (κ2) is 8.22. The van der Waals surface area contributed by atoms with Crippen molar-refractivity contribution in [3.63, 3.8) is 0 Å². The van der Waals surface area contributed by atoms with Crippen LogP contribution < -0.4 is 5.32 Å². The molecule has 1 amide bonds. The number of anilines is 1. The number of nitrogens with zero attached hydrogens (tertiary/aromatic N) is 1. The van der Waals surface area contributed by atoms with Crippen molar-refractivity contribution in [2.75, 3.05) is 18.9 Å². The molecule has 5 nitrogen and oxygen atoms in total. The van der Waals surface area contributed by atoms with Crippen molar-refractivity contribution in [3.05, 3.63) is 99.6 Å². The lowest BCUT2D eigenvalue weighted by molar-refractivity contribution is -0.117. The van der Waals surface area contributed by atoms with Crippen molar-refractivity contribution in [2.45, 2.75) is 6.54 Å². The molecule has 3 aromatic carbocycles. The second-order valence-electron chi connectivity index (χ2n) is 7.28. The summed E-state index contributed by atoms with van der Waals surface area (Å²) in [7, 11) is 1.83. The number of carbonyl (C=O) groups excluding carboxylic acids is 3. The number of hydrogen-bond acceptors (Lipinski definition) is 4. The zero-order valence-corrected chi connectivity index (χ0v) is 17.1. The molecule has 0 unspecified atom stereocenters. The van der Waals surface area contributed by atoms with Gasteiger partial charge in [0.05, 0.1) is 6.54 Å². The van der Waals surface area contributed by atoms with E-state index in [1.165, 1.54) is 0 Å². The third kappa shape index (κ3) is 3.90. The summed E-state index contributed by atoms with van der Waals surface area (Å²) in [4.78, 5) is 39.8. The van der Waals surface area contributed by atoms with Crippen LogP contribution in [0.1, 0.15) is 37.4 Å². The van der Waals surface area contributed by atoms with Gasteiger partial charge < -0.3 is 5.32 Å². The van der Waals surface area contributed by atoms with E-state index >= 15 is 0 Å². The number of benzene rings is 3. The zero-order chi connectivity index (χ0) is 21.3. The maximum Gasteiger partial charge on any atom is 0.238 e. The van der Waals surface area contributed by atoms with Crippen LogP contribution in [0, 0.1) is 0 Å². The maximum atomic E-state index is 12.8. The first-order valence-corrected chi connectivity index (χ1v) is 9.86. The van der Waals surface area contributed by atoms with E-state index in [1.807, 2.05) is 36.2 Å². The Morgan fingerprint density at radius 1 is 0.867 bits per heavy atom. The van der Waals surface area contributed by atoms with Crippen LogP contribution in [0.2, 0.25) is 5.02 Å². The summed E-state index contributed by atoms with van der Waals surface area (Å²) in [6.45, 7) is 0.680. The first-order valence-electron chi connectivity index (χ1n) is 9.48. The van der Waals surface area contributed by atoms with Gasteiger partial charge in [-0.25, -0.2) is 0 Å². The molecule has 1 N–H and O–H groups in total. The number of ketones is 2. The van der Waals surface area contributed by atoms with Crippen molar-refractivity contribution in [3.8, 4) is 0 Å². The van der Waals surface area contributed by atoms with Crippen molar-refractivity contribution < 1.29 is 14.4 Å². The number of fused-ring (bicyclic) bond motifs is 2. The van der Waals surface area contributed by atoms with Crippen molar-refractivity contribution >= 4 is 34.8 Å².